The van der Waals surface area contributed by atoms with Gasteiger partial charge in [0, 0.05) is 61.6 Å². The highest BCUT2D eigenvalue weighted by Gasteiger charge is 2.43. The van der Waals surface area contributed by atoms with Crippen LogP contribution in [0.1, 0.15) is 77.8 Å². The van der Waals surface area contributed by atoms with Gasteiger partial charge in [-0.3, -0.25) is 24.5 Å². The van der Waals surface area contributed by atoms with E-state index in [9.17, 15) is 24.4 Å². The van der Waals surface area contributed by atoms with E-state index in [1.165, 1.54) is 6.33 Å². The number of nitrogens with one attached hydrogen (secondary N) is 4. The van der Waals surface area contributed by atoms with Crippen molar-refractivity contribution in [2.24, 2.45) is 7.05 Å². The van der Waals surface area contributed by atoms with Crippen molar-refractivity contribution in [2.75, 3.05) is 56.9 Å². The lowest BCUT2D eigenvalue weighted by Crippen LogP contribution is -2.58. The Morgan fingerprint density at radius 1 is 0.851 bits per heavy atom. The van der Waals surface area contributed by atoms with Crippen LogP contribution in [-0.2, 0) is 61.8 Å². The summed E-state index contributed by atoms with van der Waals surface area (Å²) >= 11 is 0. The van der Waals surface area contributed by atoms with Crippen molar-refractivity contribution in [3.05, 3.63) is 119 Å². The van der Waals surface area contributed by atoms with Gasteiger partial charge in [0.25, 0.3) is 11.8 Å². The Kier molecular flexibility index (Phi) is 17.5. The summed E-state index contributed by atoms with van der Waals surface area (Å²) in [6, 6.07) is 21.4. The number of rotatable bonds is 26. The third-order valence-electron chi connectivity index (χ3n) is 11.6. The third-order valence-corrected chi connectivity index (χ3v) is 11.6. The number of piperidine rings is 1. The fourth-order valence-corrected chi connectivity index (χ4v) is 7.96. The van der Waals surface area contributed by atoms with Gasteiger partial charge in [0.15, 0.2) is 17.7 Å². The van der Waals surface area contributed by atoms with Crippen LogP contribution in [0.4, 0.5) is 11.4 Å². The minimum Gasteiger partial charge on any atom is -0.632 e. The molecule has 4 N–H and O–H groups in total. The van der Waals surface area contributed by atoms with Crippen molar-refractivity contribution in [3.63, 3.8) is 0 Å². The molecule has 354 valence electrons. The molecular formula is C48H58N10O9. The summed E-state index contributed by atoms with van der Waals surface area (Å²) < 4.78 is 24.0. The number of nitrogens with zero attached hydrogens (tertiary/aromatic N) is 6. The second-order valence-corrected chi connectivity index (χ2v) is 16.4. The summed E-state index contributed by atoms with van der Waals surface area (Å²) in [4.78, 5) is 57.9. The number of hydroxylamine groups is 3. The van der Waals surface area contributed by atoms with Gasteiger partial charge in [-0.25, -0.2) is 9.97 Å². The van der Waals surface area contributed by atoms with Crippen LogP contribution < -0.4 is 26.0 Å². The van der Waals surface area contributed by atoms with Crippen LogP contribution in [0.5, 0.6) is 5.75 Å². The third kappa shape index (κ3) is 13.9. The molecule has 2 atom stereocenters. The van der Waals surface area contributed by atoms with Crippen LogP contribution in [0.2, 0.25) is 0 Å². The summed E-state index contributed by atoms with van der Waals surface area (Å²) in [5.74, 6) is 0.809. The van der Waals surface area contributed by atoms with Crippen molar-refractivity contribution in [1.29, 1.82) is 0 Å². The summed E-state index contributed by atoms with van der Waals surface area (Å²) in [5, 5.41) is 33.7. The number of fused-ring (bicyclic) bond motifs is 1. The zero-order chi connectivity index (χ0) is 46.9. The van der Waals surface area contributed by atoms with Crippen molar-refractivity contribution in [3.8, 4) is 17.3 Å². The number of anilines is 2. The molecule has 0 saturated carbocycles. The first-order valence-electron chi connectivity index (χ1n) is 22.7. The van der Waals surface area contributed by atoms with Crippen molar-refractivity contribution < 1.29 is 42.8 Å². The van der Waals surface area contributed by atoms with Gasteiger partial charge in [0.2, 0.25) is 11.8 Å². The van der Waals surface area contributed by atoms with E-state index in [4.69, 9.17) is 18.9 Å². The molecular weight excluding hydrogens is 861 g/mol. The highest BCUT2D eigenvalue weighted by atomic mass is 16.6. The number of benzene rings is 3. The number of carbonyl (C=O) groups is 4. The van der Waals surface area contributed by atoms with Gasteiger partial charge in [-0.15, -0.1) is 10.2 Å². The largest absolute Gasteiger partial charge is 0.632 e. The lowest BCUT2D eigenvalue weighted by molar-refractivity contribution is -0.916. The molecule has 2 unspecified atom stereocenters. The molecule has 7 rings (SSSR count). The molecule has 0 spiro atoms. The quantitative estimate of drug-likeness (QED) is 0.0249. The number of hydrogen-bond acceptors (Lipinski definition) is 14. The smallest absolute Gasteiger partial charge is 0.285 e. The van der Waals surface area contributed by atoms with Crippen LogP contribution in [-0.4, -0.2) is 105 Å². The number of unbranched alkanes of at least 4 members (excludes halogenated alkanes) is 3. The Morgan fingerprint density at radius 3 is 2.43 bits per heavy atom. The first-order chi connectivity index (χ1) is 32.6. The van der Waals surface area contributed by atoms with Crippen LogP contribution in [0.3, 0.4) is 0 Å². The Balaban J connectivity index is 0.673. The fraction of sp³-hybridized carbons (Fsp3) is 0.417. The van der Waals surface area contributed by atoms with Crippen LogP contribution >= 0.6 is 0 Å². The Bertz CT molecular complexity index is 2450. The van der Waals surface area contributed by atoms with E-state index < -0.39 is 16.6 Å². The maximum atomic E-state index is 13.6. The van der Waals surface area contributed by atoms with Crippen LogP contribution in [0.25, 0.3) is 11.5 Å². The van der Waals surface area contributed by atoms with Crippen molar-refractivity contribution >= 4 is 35.0 Å². The molecule has 2 aromatic heterocycles. The van der Waals surface area contributed by atoms with Gasteiger partial charge >= 0.3 is 0 Å². The predicted molar refractivity (Wildman–Crippen MR) is 247 cm³/mol. The Hall–Kier alpha value is -6.64. The molecule has 19 heteroatoms. The monoisotopic (exact) mass is 918 g/mol. The lowest BCUT2D eigenvalue weighted by Gasteiger charge is -2.45. The van der Waals surface area contributed by atoms with Gasteiger partial charge in [0.1, 0.15) is 30.9 Å². The first-order valence-corrected chi connectivity index (χ1v) is 22.7. The number of hydrogen-bond donors (Lipinski definition) is 4. The van der Waals surface area contributed by atoms with Crippen molar-refractivity contribution in [2.45, 2.75) is 77.2 Å². The van der Waals surface area contributed by atoms with Gasteiger partial charge in [-0.1, -0.05) is 36.8 Å². The molecule has 3 aromatic carbocycles. The van der Waals surface area contributed by atoms with E-state index in [1.807, 2.05) is 54.1 Å². The Labute approximate surface area is 389 Å². The molecule has 4 heterocycles. The molecule has 1 fully saturated rings. The molecule has 19 nitrogen and oxygen atoms in total. The number of aromatic nitrogens is 5. The van der Waals surface area contributed by atoms with Gasteiger partial charge in [0.05, 0.1) is 58.3 Å². The van der Waals surface area contributed by atoms with Gasteiger partial charge < -0.3 is 49.3 Å². The topological polar surface area (TPSA) is 233 Å². The van der Waals surface area contributed by atoms with E-state index >= 15 is 0 Å². The van der Waals surface area contributed by atoms with E-state index in [-0.39, 0.29) is 56.7 Å². The normalized spacial score (nSPS) is 16.6. The second kappa shape index (κ2) is 24.2. The van der Waals surface area contributed by atoms with E-state index in [2.05, 4.69) is 41.4 Å². The molecule has 2 aliphatic heterocycles. The zero-order valence-electron chi connectivity index (χ0n) is 37.7. The molecule has 0 bridgehead atoms. The molecule has 1 saturated heterocycles. The number of quaternary nitrogens is 1. The lowest BCUT2D eigenvalue weighted by atomic mass is 10.0. The second-order valence-electron chi connectivity index (χ2n) is 16.4. The van der Waals surface area contributed by atoms with Crippen LogP contribution in [0, 0.1) is 5.21 Å². The number of carbonyl (C=O) groups excluding carboxylic acids is 4. The maximum absolute atomic E-state index is 13.6. The van der Waals surface area contributed by atoms with Gasteiger partial charge in [-0.2, -0.15) is 0 Å². The van der Waals surface area contributed by atoms with E-state index in [1.54, 1.807) is 36.5 Å². The van der Waals surface area contributed by atoms with Gasteiger partial charge in [-0.05, 0) is 67.3 Å². The van der Waals surface area contributed by atoms with E-state index in [0.717, 1.165) is 59.6 Å². The standard InChI is InChI=1S/C48H58N10O9/c1-57-43(55-56-46(57)41-17-19-49-33-52-41)30-50-37-12-7-10-35(28-37)47(61)51-29-34-9-6-13-38(27-34)67-21-5-3-2-4-20-64-23-25-66-26-24-65-22-18-45(60)53-40-14-8-11-36-31-58(63,32-39(36)40)42-15-16-44(59)54-48(42)62/h6-14,17,19,27-28,33,42,50H,2-5,15-16,18,20-26,29-32H2,1H3,(H,51,61)(H,53,60)(H,54,59,62). The molecule has 2 aliphatic rings. The molecule has 5 aromatic rings. The molecule has 4 amide bonds. The maximum Gasteiger partial charge on any atom is 0.285 e. The highest BCUT2D eigenvalue weighted by Crippen LogP contribution is 2.38. The molecule has 0 aliphatic carbocycles. The summed E-state index contributed by atoms with van der Waals surface area (Å²) in [5.41, 5.74) is 5.02. The number of imide groups is 1. The zero-order valence-corrected chi connectivity index (χ0v) is 37.7. The average Bonchev–Trinajstić information content (AvgIpc) is 3.89. The van der Waals surface area contributed by atoms with Crippen LogP contribution in [0.15, 0.2) is 85.3 Å². The SMILES string of the molecule is Cn1c(CNc2cccc(C(=O)NCc3cccc(OCCCCCCOCCOCCOCCC(=O)Nc4cccc5c4C[N+]([O-])(C4CCC(=O)NC4=O)C5)c3)c2)nnc1-c1ccncn1. The first kappa shape index (κ1) is 48.3. The average molecular weight is 919 g/mol. The van der Waals surface area contributed by atoms with Crippen molar-refractivity contribution in [1.82, 2.24) is 35.4 Å². The minimum atomic E-state index is -0.856. The Morgan fingerprint density at radius 2 is 1.63 bits per heavy atom. The summed E-state index contributed by atoms with van der Waals surface area (Å²) in [7, 11) is 1.88. The summed E-state index contributed by atoms with van der Waals surface area (Å²) in [6.07, 6.45) is 7.51. The molecule has 0 radical (unpaired) electrons. The minimum absolute atomic E-state index is 0.0509. The van der Waals surface area contributed by atoms with E-state index in [0.29, 0.717) is 75.5 Å². The summed E-state index contributed by atoms with van der Waals surface area (Å²) in [6.45, 7) is 4.05. The highest BCUT2D eigenvalue weighted by molar-refractivity contribution is 6.00. The fourth-order valence-electron chi connectivity index (χ4n) is 7.96. The predicted octanol–water partition coefficient (Wildman–Crippen LogP) is 4.97. The number of amides is 4. The number of ether oxygens (including phenoxy) is 4. The molecule has 67 heavy (non-hydrogen) atoms.